The van der Waals surface area contributed by atoms with Crippen LogP contribution in [0.4, 0.5) is 0 Å². The average Bonchev–Trinajstić information content (AvgIpc) is 2.78. The molecule has 0 bridgehead atoms. The first-order valence-electron chi connectivity index (χ1n) is 7.89. The zero-order chi connectivity index (χ0) is 17.8. The van der Waals surface area contributed by atoms with Gasteiger partial charge in [-0.3, -0.25) is 10.0 Å². The number of rotatable bonds is 4. The molecule has 1 aliphatic heterocycles. The fourth-order valence-electron chi connectivity index (χ4n) is 2.77. The number of hydroxylamine groups is 1. The van der Waals surface area contributed by atoms with E-state index in [9.17, 15) is 4.79 Å². The Bertz CT molecular complexity index is 800. The molecule has 0 saturated carbocycles. The van der Waals surface area contributed by atoms with Gasteiger partial charge in [0.15, 0.2) is 0 Å². The predicted molar refractivity (Wildman–Crippen MR) is 92.3 cm³/mol. The van der Waals surface area contributed by atoms with Crippen molar-refractivity contribution in [3.63, 3.8) is 0 Å². The number of nitrogens with one attached hydrogen (secondary N) is 1. The first kappa shape index (κ1) is 16.9. The highest BCUT2D eigenvalue weighted by Gasteiger charge is 2.16. The number of methoxy groups -OCH3 is 1. The molecule has 0 saturated heterocycles. The van der Waals surface area contributed by atoms with Crippen LogP contribution in [0.1, 0.15) is 28.4 Å². The van der Waals surface area contributed by atoms with E-state index < -0.39 is 5.91 Å². The van der Waals surface area contributed by atoms with Gasteiger partial charge in [-0.05, 0) is 36.8 Å². The monoisotopic (exact) mass is 340 g/mol. The molecule has 0 aromatic heterocycles. The zero-order valence-corrected chi connectivity index (χ0v) is 14.2. The first-order valence-corrected chi connectivity index (χ1v) is 7.89. The summed E-state index contributed by atoms with van der Waals surface area (Å²) >= 11 is 0. The number of hydrogen-bond donors (Lipinski definition) is 2. The van der Waals surface area contributed by atoms with E-state index >= 15 is 0 Å². The maximum absolute atomic E-state index is 11.6. The third-order valence-corrected chi connectivity index (χ3v) is 3.98. The molecule has 25 heavy (non-hydrogen) atoms. The van der Waals surface area contributed by atoms with Gasteiger partial charge in [0.1, 0.15) is 17.3 Å². The average molecular weight is 340 g/mol. The van der Waals surface area contributed by atoms with Crippen LogP contribution in [0.3, 0.4) is 0 Å². The van der Waals surface area contributed by atoms with Crippen molar-refractivity contribution in [1.82, 2.24) is 10.4 Å². The molecule has 1 amide bonds. The number of carbonyl (C=O) groups excluding carboxylic acids is 1. The van der Waals surface area contributed by atoms with Gasteiger partial charge in [-0.1, -0.05) is 18.2 Å². The second-order valence-electron chi connectivity index (χ2n) is 5.86. The van der Waals surface area contributed by atoms with Crippen LogP contribution in [0.5, 0.6) is 11.5 Å². The summed E-state index contributed by atoms with van der Waals surface area (Å²) in [5.74, 6) is 1.61. The van der Waals surface area contributed by atoms with Gasteiger partial charge in [0.05, 0.1) is 7.11 Å². The number of benzene rings is 2. The van der Waals surface area contributed by atoms with Gasteiger partial charge in [0.25, 0.3) is 5.91 Å². The Morgan fingerprint density at radius 3 is 2.72 bits per heavy atom. The molecule has 0 unspecified atom stereocenters. The normalized spacial score (nSPS) is 13.2. The molecule has 3 rings (SSSR count). The Morgan fingerprint density at radius 1 is 1.28 bits per heavy atom. The maximum atomic E-state index is 11.6. The number of hydrogen-bond acceptors (Lipinski definition) is 5. The number of ether oxygens (including phenoxy) is 2. The third kappa shape index (κ3) is 3.92. The SMILES string of the molecule is COc1ccc(CN2C=C(C)Oc3cc(C(=O)NO)ccc3C2)cc1. The van der Waals surface area contributed by atoms with E-state index in [1.165, 1.54) is 0 Å². The smallest absolute Gasteiger partial charge is 0.274 e. The van der Waals surface area contributed by atoms with E-state index in [0.717, 1.165) is 29.2 Å². The number of allylic oxidation sites excluding steroid dienone is 1. The summed E-state index contributed by atoms with van der Waals surface area (Å²) < 4.78 is 11.0. The summed E-state index contributed by atoms with van der Waals surface area (Å²) in [6, 6.07) is 13.1. The third-order valence-electron chi connectivity index (χ3n) is 3.98. The summed E-state index contributed by atoms with van der Waals surface area (Å²) in [6.07, 6.45) is 1.95. The molecular weight excluding hydrogens is 320 g/mol. The summed E-state index contributed by atoms with van der Waals surface area (Å²) in [5.41, 5.74) is 4.11. The van der Waals surface area contributed by atoms with Crippen LogP contribution >= 0.6 is 0 Å². The number of carbonyl (C=O) groups is 1. The fraction of sp³-hybridized carbons (Fsp3) is 0.211. The number of fused-ring (bicyclic) bond motifs is 1. The lowest BCUT2D eigenvalue weighted by Crippen LogP contribution is -2.19. The van der Waals surface area contributed by atoms with Gasteiger partial charge in [-0.2, -0.15) is 0 Å². The molecule has 0 fully saturated rings. The van der Waals surface area contributed by atoms with E-state index in [4.69, 9.17) is 14.7 Å². The Kier molecular flexibility index (Phi) is 4.90. The highest BCUT2D eigenvalue weighted by molar-refractivity contribution is 5.93. The Hall–Kier alpha value is -2.99. The van der Waals surface area contributed by atoms with E-state index in [-0.39, 0.29) is 0 Å². The van der Waals surface area contributed by atoms with Crippen molar-refractivity contribution in [3.05, 3.63) is 71.1 Å². The lowest BCUT2D eigenvalue weighted by atomic mass is 10.1. The molecule has 2 N–H and O–H groups in total. The lowest BCUT2D eigenvalue weighted by molar-refractivity contribution is 0.0706. The minimum atomic E-state index is -0.563. The lowest BCUT2D eigenvalue weighted by Gasteiger charge is -2.19. The first-order chi connectivity index (χ1) is 12.1. The molecule has 6 heteroatoms. The topological polar surface area (TPSA) is 71.0 Å². The predicted octanol–water partition coefficient (Wildman–Crippen LogP) is 3.07. The molecular formula is C19H20N2O4. The quantitative estimate of drug-likeness (QED) is 0.661. The Morgan fingerprint density at radius 2 is 2.04 bits per heavy atom. The molecule has 130 valence electrons. The molecule has 0 aliphatic carbocycles. The Balaban J connectivity index is 1.81. The second-order valence-corrected chi connectivity index (χ2v) is 5.86. The fourth-order valence-corrected chi connectivity index (χ4v) is 2.77. The molecule has 2 aromatic carbocycles. The van der Waals surface area contributed by atoms with Crippen LogP contribution < -0.4 is 15.0 Å². The van der Waals surface area contributed by atoms with Crippen molar-refractivity contribution in [2.24, 2.45) is 0 Å². The molecule has 6 nitrogen and oxygen atoms in total. The van der Waals surface area contributed by atoms with Crippen molar-refractivity contribution in [2.75, 3.05) is 7.11 Å². The molecule has 1 aliphatic rings. The Labute approximate surface area is 146 Å². The number of nitrogens with zero attached hydrogens (tertiary/aromatic N) is 1. The van der Waals surface area contributed by atoms with Crippen LogP contribution in [-0.4, -0.2) is 23.1 Å². The summed E-state index contributed by atoms with van der Waals surface area (Å²) in [4.78, 5) is 13.7. The van der Waals surface area contributed by atoms with Gasteiger partial charge in [0, 0.05) is 30.4 Å². The molecule has 1 heterocycles. The number of amides is 1. The van der Waals surface area contributed by atoms with Crippen LogP contribution in [0.15, 0.2) is 54.4 Å². The van der Waals surface area contributed by atoms with Gasteiger partial charge in [-0.15, -0.1) is 0 Å². The molecule has 2 aromatic rings. The summed E-state index contributed by atoms with van der Waals surface area (Å²) in [7, 11) is 1.65. The van der Waals surface area contributed by atoms with Gasteiger partial charge in [-0.25, -0.2) is 5.48 Å². The van der Waals surface area contributed by atoms with Crippen LogP contribution in [0.25, 0.3) is 0 Å². The standard InChI is InChI=1S/C19H20N2O4/c1-13-10-21(11-14-3-7-17(24-2)8-4-14)12-16-6-5-15(19(22)20-23)9-18(16)25-13/h3-10,23H,11-12H2,1-2H3,(H,20,22). The van der Waals surface area contributed by atoms with Crippen molar-refractivity contribution in [2.45, 2.75) is 20.0 Å². The minimum absolute atomic E-state index is 0.345. The van der Waals surface area contributed by atoms with E-state index in [1.54, 1.807) is 24.7 Å². The van der Waals surface area contributed by atoms with Crippen molar-refractivity contribution in [3.8, 4) is 11.5 Å². The second kappa shape index (κ2) is 7.27. The van der Waals surface area contributed by atoms with Crippen molar-refractivity contribution in [1.29, 1.82) is 0 Å². The zero-order valence-electron chi connectivity index (χ0n) is 14.2. The van der Waals surface area contributed by atoms with Gasteiger partial charge in [0.2, 0.25) is 0 Å². The van der Waals surface area contributed by atoms with E-state index in [2.05, 4.69) is 4.90 Å². The molecule has 0 radical (unpaired) electrons. The van der Waals surface area contributed by atoms with E-state index in [0.29, 0.717) is 17.9 Å². The molecule has 0 spiro atoms. The summed E-state index contributed by atoms with van der Waals surface area (Å²) in [5, 5.41) is 8.77. The van der Waals surface area contributed by atoms with Crippen molar-refractivity contribution < 1.29 is 19.5 Å². The van der Waals surface area contributed by atoms with Crippen molar-refractivity contribution >= 4 is 5.91 Å². The maximum Gasteiger partial charge on any atom is 0.274 e. The van der Waals surface area contributed by atoms with Gasteiger partial charge < -0.3 is 14.4 Å². The van der Waals surface area contributed by atoms with Gasteiger partial charge >= 0.3 is 0 Å². The van der Waals surface area contributed by atoms with Crippen LogP contribution in [-0.2, 0) is 13.1 Å². The highest BCUT2D eigenvalue weighted by Crippen LogP contribution is 2.28. The largest absolute Gasteiger partial charge is 0.497 e. The summed E-state index contributed by atoms with van der Waals surface area (Å²) in [6.45, 7) is 3.25. The van der Waals surface area contributed by atoms with Crippen LogP contribution in [0.2, 0.25) is 0 Å². The molecule has 0 atom stereocenters. The highest BCUT2D eigenvalue weighted by atomic mass is 16.5. The van der Waals surface area contributed by atoms with E-state index in [1.807, 2.05) is 43.5 Å². The van der Waals surface area contributed by atoms with Crippen LogP contribution in [0, 0.1) is 0 Å². The minimum Gasteiger partial charge on any atom is -0.497 e.